The second kappa shape index (κ2) is 4.19. The van der Waals surface area contributed by atoms with Crippen LogP contribution in [0.4, 0.5) is 0 Å². The lowest BCUT2D eigenvalue weighted by molar-refractivity contribution is 0.118. The number of hydrogen-bond donors (Lipinski definition) is 1. The van der Waals surface area contributed by atoms with Crippen LogP contribution in [0.15, 0.2) is 24.3 Å². The van der Waals surface area contributed by atoms with Gasteiger partial charge in [-0.1, -0.05) is 24.3 Å². The maximum absolute atomic E-state index is 3.44. The van der Waals surface area contributed by atoms with Crippen molar-refractivity contribution in [3.63, 3.8) is 0 Å². The summed E-state index contributed by atoms with van der Waals surface area (Å²) in [6.07, 6.45) is 3.81. The van der Waals surface area contributed by atoms with Gasteiger partial charge in [-0.3, -0.25) is 4.90 Å². The van der Waals surface area contributed by atoms with Crippen LogP contribution in [0.3, 0.4) is 0 Å². The predicted octanol–water partition coefficient (Wildman–Crippen LogP) is 1.97. The Morgan fingerprint density at radius 2 is 2.12 bits per heavy atom. The summed E-state index contributed by atoms with van der Waals surface area (Å²) >= 11 is 0. The molecule has 0 aliphatic carbocycles. The molecule has 2 aliphatic heterocycles. The van der Waals surface area contributed by atoms with Crippen LogP contribution in [0.5, 0.6) is 0 Å². The third kappa shape index (κ3) is 1.66. The molecular weight excluding hydrogens is 196 g/mol. The van der Waals surface area contributed by atoms with Crippen molar-refractivity contribution in [2.75, 3.05) is 20.1 Å². The number of hydrogen-bond acceptors (Lipinski definition) is 2. The summed E-state index contributed by atoms with van der Waals surface area (Å²) in [6, 6.07) is 10.3. The van der Waals surface area contributed by atoms with Gasteiger partial charge in [0.15, 0.2) is 0 Å². The minimum absolute atomic E-state index is 0.663. The number of rotatable bonds is 1. The summed E-state index contributed by atoms with van der Waals surface area (Å²) in [4.78, 5) is 2.66. The maximum Gasteiger partial charge on any atom is 0.0365 e. The molecule has 2 heterocycles. The number of nitrogens with zero attached hydrogens (tertiary/aromatic N) is 1. The van der Waals surface area contributed by atoms with Crippen molar-refractivity contribution >= 4 is 0 Å². The van der Waals surface area contributed by atoms with Crippen LogP contribution >= 0.6 is 0 Å². The number of fused-ring (bicyclic) bond motifs is 3. The fourth-order valence-corrected chi connectivity index (χ4v) is 3.22. The smallest absolute Gasteiger partial charge is 0.0365 e. The van der Waals surface area contributed by atoms with Gasteiger partial charge in [0.1, 0.15) is 0 Å². The van der Waals surface area contributed by atoms with Gasteiger partial charge in [0.2, 0.25) is 0 Å². The van der Waals surface area contributed by atoms with E-state index in [0.29, 0.717) is 12.1 Å². The molecule has 0 bridgehead atoms. The lowest BCUT2D eigenvalue weighted by Crippen LogP contribution is -2.46. The van der Waals surface area contributed by atoms with Gasteiger partial charge in [-0.05, 0) is 37.4 Å². The molecule has 0 unspecified atom stereocenters. The molecule has 1 N–H and O–H groups in total. The second-order valence-corrected chi connectivity index (χ2v) is 5.01. The number of piperidine rings is 1. The first-order chi connectivity index (χ1) is 7.88. The largest absolute Gasteiger partial charge is 0.317 e. The molecule has 0 spiro atoms. The average molecular weight is 216 g/mol. The first-order valence-electron chi connectivity index (χ1n) is 6.37. The highest BCUT2D eigenvalue weighted by Crippen LogP contribution is 2.36. The molecule has 0 aromatic heterocycles. The molecule has 1 saturated heterocycles. The van der Waals surface area contributed by atoms with Crippen molar-refractivity contribution < 1.29 is 0 Å². The average Bonchev–Trinajstić information content (AvgIpc) is 2.38. The Kier molecular flexibility index (Phi) is 2.70. The zero-order chi connectivity index (χ0) is 11.0. The third-order valence-corrected chi connectivity index (χ3v) is 4.20. The van der Waals surface area contributed by atoms with E-state index in [4.69, 9.17) is 0 Å². The molecule has 1 aromatic carbocycles. The molecule has 3 rings (SSSR count). The molecule has 0 amide bonds. The van der Waals surface area contributed by atoms with Crippen molar-refractivity contribution in [2.24, 2.45) is 0 Å². The van der Waals surface area contributed by atoms with Crippen molar-refractivity contribution in [1.82, 2.24) is 10.2 Å². The van der Waals surface area contributed by atoms with Gasteiger partial charge in [-0.25, -0.2) is 0 Å². The van der Waals surface area contributed by atoms with E-state index in [1.165, 1.54) is 32.4 Å². The molecule has 2 nitrogen and oxygen atoms in total. The van der Waals surface area contributed by atoms with E-state index in [1.807, 2.05) is 0 Å². The van der Waals surface area contributed by atoms with E-state index >= 15 is 0 Å². The molecule has 1 fully saturated rings. The normalized spacial score (nSPS) is 29.6. The molecule has 0 radical (unpaired) electrons. The molecule has 2 aliphatic rings. The Morgan fingerprint density at radius 1 is 1.25 bits per heavy atom. The lowest BCUT2D eigenvalue weighted by Gasteiger charge is -2.43. The van der Waals surface area contributed by atoms with Crippen LogP contribution in [0.2, 0.25) is 0 Å². The first-order valence-corrected chi connectivity index (χ1v) is 6.37. The van der Waals surface area contributed by atoms with Crippen molar-refractivity contribution in [1.29, 1.82) is 0 Å². The summed E-state index contributed by atoms with van der Waals surface area (Å²) in [5.74, 6) is 0. The summed E-state index contributed by atoms with van der Waals surface area (Å²) < 4.78 is 0. The Morgan fingerprint density at radius 3 is 3.00 bits per heavy atom. The minimum Gasteiger partial charge on any atom is -0.317 e. The summed E-state index contributed by atoms with van der Waals surface area (Å²) in [5.41, 5.74) is 3.15. The highest BCUT2D eigenvalue weighted by molar-refractivity contribution is 5.33. The zero-order valence-corrected chi connectivity index (χ0v) is 9.95. The van der Waals surface area contributed by atoms with Gasteiger partial charge in [0, 0.05) is 25.2 Å². The van der Waals surface area contributed by atoms with E-state index in [1.54, 1.807) is 11.1 Å². The van der Waals surface area contributed by atoms with Crippen LogP contribution in [0, 0.1) is 0 Å². The summed E-state index contributed by atoms with van der Waals surface area (Å²) in [5, 5.41) is 3.44. The summed E-state index contributed by atoms with van der Waals surface area (Å²) in [7, 11) is 2.09. The van der Waals surface area contributed by atoms with Crippen molar-refractivity contribution in [2.45, 2.75) is 31.3 Å². The van der Waals surface area contributed by atoms with Gasteiger partial charge in [-0.2, -0.15) is 0 Å². The van der Waals surface area contributed by atoms with E-state index in [2.05, 4.69) is 41.5 Å². The monoisotopic (exact) mass is 216 g/mol. The Balaban J connectivity index is 1.90. The van der Waals surface area contributed by atoms with Crippen LogP contribution in [0.25, 0.3) is 0 Å². The Bertz CT molecular complexity index is 375. The molecule has 16 heavy (non-hydrogen) atoms. The highest BCUT2D eigenvalue weighted by Gasteiger charge is 2.32. The maximum atomic E-state index is 3.44. The zero-order valence-electron chi connectivity index (χ0n) is 9.95. The van der Waals surface area contributed by atoms with Crippen LogP contribution in [-0.4, -0.2) is 31.1 Å². The molecule has 86 valence electrons. The van der Waals surface area contributed by atoms with Crippen LogP contribution in [0.1, 0.15) is 30.0 Å². The lowest BCUT2D eigenvalue weighted by atomic mass is 9.85. The fourth-order valence-electron chi connectivity index (χ4n) is 3.22. The summed E-state index contributed by atoms with van der Waals surface area (Å²) in [6.45, 7) is 2.50. The standard InChI is InChI=1S/C14H20N2/c1-15-12-7-9-16-8-6-11-4-2-3-5-13(11)14(16)10-12/h2-5,12,14-15H,6-10H2,1H3/t12-,14-/m1/s1. The molecule has 1 aromatic rings. The molecular formula is C14H20N2. The topological polar surface area (TPSA) is 15.3 Å². The minimum atomic E-state index is 0.663. The highest BCUT2D eigenvalue weighted by atomic mass is 15.2. The van der Waals surface area contributed by atoms with Crippen LogP contribution in [-0.2, 0) is 6.42 Å². The third-order valence-electron chi connectivity index (χ3n) is 4.20. The van der Waals surface area contributed by atoms with Gasteiger partial charge < -0.3 is 5.32 Å². The van der Waals surface area contributed by atoms with E-state index < -0.39 is 0 Å². The van der Waals surface area contributed by atoms with E-state index in [0.717, 1.165) is 0 Å². The fraction of sp³-hybridized carbons (Fsp3) is 0.571. The molecule has 2 atom stereocenters. The van der Waals surface area contributed by atoms with E-state index in [-0.39, 0.29) is 0 Å². The molecule has 2 heteroatoms. The Labute approximate surface area is 97.6 Å². The van der Waals surface area contributed by atoms with Crippen LogP contribution < -0.4 is 5.32 Å². The SMILES string of the molecule is CN[C@@H]1CCN2CCc3ccccc3[C@H]2C1. The quantitative estimate of drug-likeness (QED) is 0.772. The number of benzene rings is 1. The second-order valence-electron chi connectivity index (χ2n) is 5.01. The van der Waals surface area contributed by atoms with Crippen molar-refractivity contribution in [3.8, 4) is 0 Å². The van der Waals surface area contributed by atoms with Gasteiger partial charge in [0.25, 0.3) is 0 Å². The first kappa shape index (κ1) is 10.3. The van der Waals surface area contributed by atoms with E-state index in [9.17, 15) is 0 Å². The number of nitrogens with one attached hydrogen (secondary N) is 1. The van der Waals surface area contributed by atoms with Gasteiger partial charge >= 0.3 is 0 Å². The molecule has 0 saturated carbocycles. The van der Waals surface area contributed by atoms with Crippen molar-refractivity contribution in [3.05, 3.63) is 35.4 Å². The van der Waals surface area contributed by atoms with Gasteiger partial charge in [0.05, 0.1) is 0 Å². The van der Waals surface area contributed by atoms with Gasteiger partial charge in [-0.15, -0.1) is 0 Å². The predicted molar refractivity (Wildman–Crippen MR) is 66.5 cm³/mol. The Hall–Kier alpha value is -0.860.